The predicted octanol–water partition coefficient (Wildman–Crippen LogP) is 1.75. The van der Waals surface area contributed by atoms with Gasteiger partial charge in [0.2, 0.25) is 0 Å². The van der Waals surface area contributed by atoms with Gasteiger partial charge in [-0.15, -0.1) is 0 Å². The maximum Gasteiger partial charge on any atom is 0.0577 e. The molecule has 0 radical (unpaired) electrons. The molecule has 0 heterocycles. The lowest BCUT2D eigenvalue weighted by Gasteiger charge is -2.28. The molecule has 1 aliphatic carbocycles. The SMILES string of the molecule is COCCCOC1CCC(OCCCO)CC1. The Morgan fingerprint density at radius 3 is 1.88 bits per heavy atom. The maximum atomic E-state index is 8.67. The predicted molar refractivity (Wildman–Crippen MR) is 66.1 cm³/mol. The van der Waals surface area contributed by atoms with Gasteiger partial charge in [0, 0.05) is 33.5 Å². The molecule has 1 N–H and O–H groups in total. The van der Waals surface area contributed by atoms with Gasteiger partial charge in [-0.3, -0.25) is 0 Å². The van der Waals surface area contributed by atoms with Crippen LogP contribution >= 0.6 is 0 Å². The molecule has 0 saturated heterocycles. The van der Waals surface area contributed by atoms with E-state index in [1.54, 1.807) is 7.11 Å². The zero-order chi connectivity index (χ0) is 12.3. The second kappa shape index (κ2) is 9.83. The molecule has 0 spiro atoms. The van der Waals surface area contributed by atoms with Crippen LogP contribution in [0.1, 0.15) is 38.5 Å². The van der Waals surface area contributed by atoms with E-state index in [4.69, 9.17) is 19.3 Å². The van der Waals surface area contributed by atoms with Crippen LogP contribution in [0.2, 0.25) is 0 Å². The minimum Gasteiger partial charge on any atom is -0.396 e. The summed E-state index contributed by atoms with van der Waals surface area (Å²) in [6.45, 7) is 2.48. The Morgan fingerprint density at radius 2 is 1.41 bits per heavy atom. The fourth-order valence-electron chi connectivity index (χ4n) is 2.13. The van der Waals surface area contributed by atoms with Crippen LogP contribution in [0.15, 0.2) is 0 Å². The van der Waals surface area contributed by atoms with Gasteiger partial charge >= 0.3 is 0 Å². The molecule has 0 aromatic heterocycles. The number of hydrogen-bond donors (Lipinski definition) is 1. The summed E-state index contributed by atoms with van der Waals surface area (Å²) in [6.07, 6.45) is 6.86. The Morgan fingerprint density at radius 1 is 0.882 bits per heavy atom. The molecule has 17 heavy (non-hydrogen) atoms. The second-order valence-corrected chi connectivity index (χ2v) is 4.56. The molecule has 0 aliphatic heterocycles. The van der Waals surface area contributed by atoms with Crippen molar-refractivity contribution in [2.75, 3.05) is 33.5 Å². The Hall–Kier alpha value is -0.160. The van der Waals surface area contributed by atoms with E-state index >= 15 is 0 Å². The molecular weight excluding hydrogens is 220 g/mol. The van der Waals surface area contributed by atoms with Crippen molar-refractivity contribution in [1.29, 1.82) is 0 Å². The van der Waals surface area contributed by atoms with Gasteiger partial charge in [0.1, 0.15) is 0 Å². The van der Waals surface area contributed by atoms with Crippen molar-refractivity contribution in [3.05, 3.63) is 0 Å². The van der Waals surface area contributed by atoms with E-state index in [0.717, 1.165) is 51.7 Å². The van der Waals surface area contributed by atoms with E-state index in [2.05, 4.69) is 0 Å². The monoisotopic (exact) mass is 246 g/mol. The van der Waals surface area contributed by atoms with E-state index in [1.807, 2.05) is 0 Å². The van der Waals surface area contributed by atoms with E-state index in [1.165, 1.54) is 0 Å². The summed E-state index contributed by atoms with van der Waals surface area (Å²) >= 11 is 0. The lowest BCUT2D eigenvalue weighted by atomic mass is 9.95. The molecule has 1 saturated carbocycles. The van der Waals surface area contributed by atoms with Gasteiger partial charge in [0.25, 0.3) is 0 Å². The summed E-state index contributed by atoms with van der Waals surface area (Å²) in [5.74, 6) is 0. The van der Waals surface area contributed by atoms with Crippen molar-refractivity contribution in [2.24, 2.45) is 0 Å². The molecule has 1 fully saturated rings. The summed E-state index contributed by atoms with van der Waals surface area (Å²) in [7, 11) is 1.72. The molecule has 102 valence electrons. The molecule has 0 unspecified atom stereocenters. The fraction of sp³-hybridized carbons (Fsp3) is 1.00. The van der Waals surface area contributed by atoms with Crippen molar-refractivity contribution in [2.45, 2.75) is 50.7 Å². The second-order valence-electron chi connectivity index (χ2n) is 4.56. The summed E-state index contributed by atoms with van der Waals surface area (Å²) in [5, 5.41) is 8.67. The van der Waals surface area contributed by atoms with Crippen molar-refractivity contribution < 1.29 is 19.3 Å². The van der Waals surface area contributed by atoms with Crippen LogP contribution < -0.4 is 0 Å². The molecule has 1 rings (SSSR count). The van der Waals surface area contributed by atoms with Crippen molar-refractivity contribution in [3.63, 3.8) is 0 Å². The highest BCUT2D eigenvalue weighted by Crippen LogP contribution is 2.23. The zero-order valence-electron chi connectivity index (χ0n) is 10.9. The summed E-state index contributed by atoms with van der Waals surface area (Å²) in [5.41, 5.74) is 0. The minimum absolute atomic E-state index is 0.220. The minimum atomic E-state index is 0.220. The van der Waals surface area contributed by atoms with Crippen LogP contribution in [-0.2, 0) is 14.2 Å². The Kier molecular flexibility index (Phi) is 8.61. The number of ether oxygens (including phenoxy) is 3. The van der Waals surface area contributed by atoms with Gasteiger partial charge in [0.15, 0.2) is 0 Å². The highest BCUT2D eigenvalue weighted by molar-refractivity contribution is 4.73. The van der Waals surface area contributed by atoms with Gasteiger partial charge in [-0.25, -0.2) is 0 Å². The van der Waals surface area contributed by atoms with Crippen LogP contribution in [0.25, 0.3) is 0 Å². The number of rotatable bonds is 9. The average molecular weight is 246 g/mol. The van der Waals surface area contributed by atoms with Gasteiger partial charge in [-0.2, -0.15) is 0 Å². The molecule has 0 aromatic rings. The smallest absolute Gasteiger partial charge is 0.0577 e. The van der Waals surface area contributed by atoms with E-state index < -0.39 is 0 Å². The average Bonchev–Trinajstić information content (AvgIpc) is 2.37. The third kappa shape index (κ3) is 6.99. The summed E-state index contributed by atoms with van der Waals surface area (Å²) in [6, 6.07) is 0. The molecule has 0 bridgehead atoms. The third-order valence-electron chi connectivity index (χ3n) is 3.12. The fourth-order valence-corrected chi connectivity index (χ4v) is 2.13. The lowest BCUT2D eigenvalue weighted by molar-refractivity contribution is -0.0364. The first kappa shape index (κ1) is 14.9. The molecule has 0 atom stereocenters. The van der Waals surface area contributed by atoms with E-state index in [0.29, 0.717) is 18.8 Å². The van der Waals surface area contributed by atoms with Crippen LogP contribution in [0.4, 0.5) is 0 Å². The van der Waals surface area contributed by atoms with Crippen molar-refractivity contribution in [3.8, 4) is 0 Å². The van der Waals surface area contributed by atoms with Gasteiger partial charge in [-0.05, 0) is 38.5 Å². The van der Waals surface area contributed by atoms with E-state index in [-0.39, 0.29) is 6.61 Å². The Labute approximate surface area is 104 Å². The molecule has 1 aliphatic rings. The van der Waals surface area contributed by atoms with Gasteiger partial charge in [0.05, 0.1) is 12.2 Å². The van der Waals surface area contributed by atoms with E-state index in [9.17, 15) is 0 Å². The number of aliphatic hydroxyl groups excluding tert-OH is 1. The highest BCUT2D eigenvalue weighted by atomic mass is 16.5. The van der Waals surface area contributed by atoms with Crippen molar-refractivity contribution in [1.82, 2.24) is 0 Å². The van der Waals surface area contributed by atoms with Crippen LogP contribution in [0.5, 0.6) is 0 Å². The van der Waals surface area contributed by atoms with Gasteiger partial charge < -0.3 is 19.3 Å². The van der Waals surface area contributed by atoms with Crippen LogP contribution in [0.3, 0.4) is 0 Å². The molecule has 4 heteroatoms. The highest BCUT2D eigenvalue weighted by Gasteiger charge is 2.21. The Balaban J connectivity index is 1.97. The van der Waals surface area contributed by atoms with Crippen LogP contribution in [-0.4, -0.2) is 50.9 Å². The summed E-state index contributed by atoms with van der Waals surface area (Å²) < 4.78 is 16.4. The molecule has 0 amide bonds. The largest absolute Gasteiger partial charge is 0.396 e. The van der Waals surface area contributed by atoms with Crippen molar-refractivity contribution >= 4 is 0 Å². The normalized spacial score (nSPS) is 25.1. The number of methoxy groups -OCH3 is 1. The maximum absolute atomic E-state index is 8.67. The summed E-state index contributed by atoms with van der Waals surface area (Å²) in [4.78, 5) is 0. The zero-order valence-corrected chi connectivity index (χ0v) is 10.9. The topological polar surface area (TPSA) is 47.9 Å². The molecule has 4 nitrogen and oxygen atoms in total. The number of hydrogen-bond acceptors (Lipinski definition) is 4. The first-order valence-corrected chi connectivity index (χ1v) is 6.69. The first-order valence-electron chi connectivity index (χ1n) is 6.69. The van der Waals surface area contributed by atoms with Crippen LogP contribution in [0, 0.1) is 0 Å². The molecular formula is C13H26O4. The lowest BCUT2D eigenvalue weighted by Crippen LogP contribution is -2.27. The standard InChI is InChI=1S/C13H26O4/c1-15-9-3-11-17-13-6-4-12(5-7-13)16-10-2-8-14/h12-14H,2-11H2,1H3. The first-order chi connectivity index (χ1) is 8.36. The quantitative estimate of drug-likeness (QED) is 0.630. The third-order valence-corrected chi connectivity index (χ3v) is 3.12. The molecule has 0 aromatic carbocycles. The Bertz CT molecular complexity index is 167. The van der Waals surface area contributed by atoms with Gasteiger partial charge in [-0.1, -0.05) is 0 Å². The number of aliphatic hydroxyl groups is 1.